The van der Waals surface area contributed by atoms with Gasteiger partial charge in [0.1, 0.15) is 5.82 Å². The van der Waals surface area contributed by atoms with Gasteiger partial charge >= 0.3 is 5.97 Å². The molecular formula is C23H27N5O3. The third-order valence-corrected chi connectivity index (χ3v) is 5.48. The second-order valence-corrected chi connectivity index (χ2v) is 7.49. The Morgan fingerprint density at radius 3 is 2.68 bits per heavy atom. The molecule has 1 fully saturated rings. The minimum atomic E-state index is -0.341. The number of hydrogen-bond donors (Lipinski definition) is 0. The van der Waals surface area contributed by atoms with Gasteiger partial charge in [0.2, 0.25) is 11.8 Å². The third-order valence-electron chi connectivity index (χ3n) is 5.48. The molecule has 0 bridgehead atoms. The highest BCUT2D eigenvalue weighted by Gasteiger charge is 2.25. The molecule has 1 atom stereocenters. The van der Waals surface area contributed by atoms with Crippen LogP contribution in [0, 0.1) is 0 Å². The first-order valence-corrected chi connectivity index (χ1v) is 10.7. The Morgan fingerprint density at radius 1 is 1.10 bits per heavy atom. The molecule has 0 saturated carbocycles. The van der Waals surface area contributed by atoms with Crippen LogP contribution < -0.4 is 4.90 Å². The summed E-state index contributed by atoms with van der Waals surface area (Å²) in [6.45, 7) is 7.76. The average Bonchev–Trinajstić information content (AvgIpc) is 3.18. The predicted octanol–water partition coefficient (Wildman–Crippen LogP) is 3.58. The molecule has 2 aromatic heterocycles. The van der Waals surface area contributed by atoms with E-state index in [9.17, 15) is 4.79 Å². The molecule has 1 aliphatic heterocycles. The molecule has 1 aromatic carbocycles. The van der Waals surface area contributed by atoms with Crippen LogP contribution in [0.2, 0.25) is 0 Å². The summed E-state index contributed by atoms with van der Waals surface area (Å²) in [4.78, 5) is 20.9. The van der Waals surface area contributed by atoms with E-state index in [1.54, 1.807) is 19.2 Å². The number of rotatable bonds is 6. The van der Waals surface area contributed by atoms with Gasteiger partial charge in [-0.15, -0.1) is 10.2 Å². The van der Waals surface area contributed by atoms with E-state index in [1.807, 2.05) is 36.4 Å². The first kappa shape index (κ1) is 21.0. The van der Waals surface area contributed by atoms with Gasteiger partial charge in [0, 0.05) is 37.9 Å². The van der Waals surface area contributed by atoms with Crippen molar-refractivity contribution in [3.63, 3.8) is 0 Å². The van der Waals surface area contributed by atoms with E-state index in [0.717, 1.165) is 44.0 Å². The van der Waals surface area contributed by atoms with Crippen LogP contribution in [-0.4, -0.2) is 58.8 Å². The molecule has 0 amide bonds. The quantitative estimate of drug-likeness (QED) is 0.559. The number of carbonyl (C=O) groups is 1. The Kier molecular flexibility index (Phi) is 6.57. The van der Waals surface area contributed by atoms with E-state index < -0.39 is 0 Å². The van der Waals surface area contributed by atoms with Crippen LogP contribution in [0.1, 0.15) is 42.6 Å². The van der Waals surface area contributed by atoms with E-state index in [0.29, 0.717) is 24.0 Å². The fourth-order valence-electron chi connectivity index (χ4n) is 3.72. The normalized spacial score (nSPS) is 16.0. The van der Waals surface area contributed by atoms with Crippen molar-refractivity contribution < 1.29 is 13.9 Å². The molecule has 31 heavy (non-hydrogen) atoms. The molecule has 1 aliphatic rings. The van der Waals surface area contributed by atoms with Gasteiger partial charge in [0.05, 0.1) is 18.2 Å². The monoisotopic (exact) mass is 421 g/mol. The summed E-state index contributed by atoms with van der Waals surface area (Å²) in [6.07, 6.45) is 2.58. The molecule has 1 saturated heterocycles. The number of carbonyl (C=O) groups excluding carboxylic acids is 1. The number of pyridine rings is 1. The number of nitrogens with zero attached hydrogens (tertiary/aromatic N) is 5. The summed E-state index contributed by atoms with van der Waals surface area (Å²) in [7, 11) is 0. The van der Waals surface area contributed by atoms with Gasteiger partial charge in [-0.1, -0.05) is 18.2 Å². The summed E-state index contributed by atoms with van der Waals surface area (Å²) in [5, 5.41) is 8.51. The molecule has 1 unspecified atom stereocenters. The Morgan fingerprint density at radius 2 is 1.94 bits per heavy atom. The largest absolute Gasteiger partial charge is 0.462 e. The highest BCUT2D eigenvalue weighted by molar-refractivity contribution is 5.89. The van der Waals surface area contributed by atoms with Crippen LogP contribution in [-0.2, 0) is 4.74 Å². The zero-order valence-electron chi connectivity index (χ0n) is 17.9. The lowest BCUT2D eigenvalue weighted by atomic mass is 10.2. The first-order chi connectivity index (χ1) is 15.2. The second-order valence-electron chi connectivity index (χ2n) is 7.49. The van der Waals surface area contributed by atoms with Crippen LogP contribution in [0.15, 0.2) is 53.1 Å². The third kappa shape index (κ3) is 4.91. The Bertz CT molecular complexity index is 990. The zero-order chi connectivity index (χ0) is 21.6. The molecule has 8 heteroatoms. The van der Waals surface area contributed by atoms with E-state index >= 15 is 0 Å². The number of anilines is 1. The van der Waals surface area contributed by atoms with Crippen molar-refractivity contribution in [2.45, 2.75) is 26.3 Å². The number of benzene rings is 1. The lowest BCUT2D eigenvalue weighted by Gasteiger charge is -2.25. The van der Waals surface area contributed by atoms with Gasteiger partial charge in [-0.3, -0.25) is 4.90 Å². The lowest BCUT2D eigenvalue weighted by Crippen LogP contribution is -2.33. The summed E-state index contributed by atoms with van der Waals surface area (Å²) in [5.41, 5.74) is 1.40. The van der Waals surface area contributed by atoms with Crippen molar-refractivity contribution in [2.24, 2.45) is 0 Å². The minimum absolute atomic E-state index is 0.0315. The number of hydrogen-bond acceptors (Lipinski definition) is 8. The van der Waals surface area contributed by atoms with Gasteiger partial charge in [-0.25, -0.2) is 9.78 Å². The molecule has 3 heterocycles. The van der Waals surface area contributed by atoms with Crippen LogP contribution in [0.25, 0.3) is 11.5 Å². The van der Waals surface area contributed by atoms with E-state index in [4.69, 9.17) is 9.15 Å². The zero-order valence-corrected chi connectivity index (χ0v) is 17.9. The van der Waals surface area contributed by atoms with Crippen LogP contribution in [0.5, 0.6) is 0 Å². The fraction of sp³-hybridized carbons (Fsp3) is 0.391. The van der Waals surface area contributed by atoms with Crippen LogP contribution in [0.4, 0.5) is 5.82 Å². The molecule has 0 aliphatic carbocycles. The molecule has 0 radical (unpaired) electrons. The highest BCUT2D eigenvalue weighted by atomic mass is 16.5. The summed E-state index contributed by atoms with van der Waals surface area (Å²) < 4.78 is 11.0. The van der Waals surface area contributed by atoms with E-state index in [1.165, 1.54) is 0 Å². The summed E-state index contributed by atoms with van der Waals surface area (Å²) >= 11 is 0. The lowest BCUT2D eigenvalue weighted by molar-refractivity contribution is 0.0526. The Hall–Kier alpha value is -3.26. The van der Waals surface area contributed by atoms with Crippen molar-refractivity contribution in [2.75, 3.05) is 37.7 Å². The second kappa shape index (κ2) is 9.70. The first-order valence-electron chi connectivity index (χ1n) is 10.7. The smallest absolute Gasteiger partial charge is 0.339 e. The van der Waals surface area contributed by atoms with Crippen molar-refractivity contribution in [3.05, 3.63) is 60.1 Å². The van der Waals surface area contributed by atoms with Crippen molar-refractivity contribution in [1.29, 1.82) is 0 Å². The van der Waals surface area contributed by atoms with Gasteiger partial charge in [-0.05, 0) is 44.5 Å². The Labute approximate surface area is 181 Å². The van der Waals surface area contributed by atoms with Crippen molar-refractivity contribution in [1.82, 2.24) is 20.1 Å². The maximum Gasteiger partial charge on any atom is 0.339 e. The standard InChI is InChI=1S/C23H27N5O3/c1-3-30-23(29)19-10-11-20(24-16-19)28-13-7-12-27(14-15-28)17(2)21-25-26-22(31-21)18-8-5-4-6-9-18/h4-6,8-11,16-17H,3,7,12-15H2,1-2H3. The highest BCUT2D eigenvalue weighted by Crippen LogP contribution is 2.25. The van der Waals surface area contributed by atoms with Gasteiger partial charge in [0.25, 0.3) is 0 Å². The molecule has 0 N–H and O–H groups in total. The molecular weight excluding hydrogens is 394 g/mol. The van der Waals surface area contributed by atoms with Gasteiger partial charge < -0.3 is 14.1 Å². The average molecular weight is 422 g/mol. The molecule has 8 nitrogen and oxygen atoms in total. The van der Waals surface area contributed by atoms with Gasteiger partial charge in [-0.2, -0.15) is 0 Å². The maximum atomic E-state index is 11.8. The van der Waals surface area contributed by atoms with Crippen LogP contribution in [0.3, 0.4) is 0 Å². The molecule has 4 rings (SSSR count). The van der Waals surface area contributed by atoms with Crippen molar-refractivity contribution in [3.8, 4) is 11.5 Å². The van der Waals surface area contributed by atoms with Gasteiger partial charge in [0.15, 0.2) is 0 Å². The van der Waals surface area contributed by atoms with E-state index in [2.05, 4.69) is 31.9 Å². The minimum Gasteiger partial charge on any atom is -0.462 e. The maximum absolute atomic E-state index is 11.8. The molecule has 162 valence electrons. The Balaban J connectivity index is 1.39. The van der Waals surface area contributed by atoms with Crippen LogP contribution >= 0.6 is 0 Å². The SMILES string of the molecule is CCOC(=O)c1ccc(N2CCCN(C(C)c3nnc(-c4ccccc4)o3)CC2)nc1. The molecule has 3 aromatic rings. The number of aromatic nitrogens is 3. The van der Waals surface area contributed by atoms with E-state index in [-0.39, 0.29) is 12.0 Å². The molecule has 0 spiro atoms. The predicted molar refractivity (Wildman–Crippen MR) is 117 cm³/mol. The fourth-order valence-corrected chi connectivity index (χ4v) is 3.72. The number of esters is 1. The number of ether oxygens (including phenoxy) is 1. The summed E-state index contributed by atoms with van der Waals surface area (Å²) in [6, 6.07) is 13.5. The topological polar surface area (TPSA) is 84.6 Å². The summed E-state index contributed by atoms with van der Waals surface area (Å²) in [5.74, 6) is 1.70. The van der Waals surface area contributed by atoms with Crippen molar-refractivity contribution >= 4 is 11.8 Å².